The highest BCUT2D eigenvalue weighted by atomic mass is 32.1. The standard InChI is InChI=1S/C10H13NO5S/c1-11-5-4-10(15,7-3-2-6-17-7)16-9(14)8(12)13/h2-3,6,11,15H,4-5H2,1H3,(H,12,13)/t10-/m1/s1. The predicted octanol–water partition coefficient (Wildman–Crippen LogP) is 0.131. The number of esters is 1. The topological polar surface area (TPSA) is 95.9 Å². The fraction of sp³-hybridized carbons (Fsp3) is 0.400. The summed E-state index contributed by atoms with van der Waals surface area (Å²) >= 11 is 1.19. The lowest BCUT2D eigenvalue weighted by atomic mass is 10.1. The van der Waals surface area contributed by atoms with E-state index < -0.39 is 17.7 Å². The Labute approximate surface area is 102 Å². The highest BCUT2D eigenvalue weighted by Gasteiger charge is 2.36. The Hall–Kier alpha value is -1.44. The fourth-order valence-corrected chi connectivity index (χ4v) is 2.01. The van der Waals surface area contributed by atoms with Crippen LogP contribution in [0.3, 0.4) is 0 Å². The Bertz CT molecular complexity index is 391. The molecule has 6 nitrogen and oxygen atoms in total. The molecule has 0 radical (unpaired) electrons. The zero-order valence-electron chi connectivity index (χ0n) is 9.17. The lowest BCUT2D eigenvalue weighted by Gasteiger charge is -2.25. The van der Waals surface area contributed by atoms with Crippen LogP contribution < -0.4 is 5.32 Å². The molecular weight excluding hydrogens is 246 g/mol. The third-order valence-corrected chi connectivity index (χ3v) is 3.06. The second-order valence-electron chi connectivity index (χ2n) is 3.31. The van der Waals surface area contributed by atoms with Gasteiger partial charge in [0.1, 0.15) is 0 Å². The molecule has 0 amide bonds. The number of carbonyl (C=O) groups excluding carboxylic acids is 1. The van der Waals surface area contributed by atoms with Crippen LogP contribution in [-0.2, 0) is 20.1 Å². The zero-order chi connectivity index (χ0) is 12.9. The summed E-state index contributed by atoms with van der Waals surface area (Å²) in [6.07, 6.45) is 0.0725. The average molecular weight is 259 g/mol. The molecule has 94 valence electrons. The molecule has 1 rings (SSSR count). The van der Waals surface area contributed by atoms with Crippen molar-refractivity contribution in [3.8, 4) is 0 Å². The summed E-state index contributed by atoms with van der Waals surface area (Å²) in [5.41, 5.74) is 0. The normalized spacial score (nSPS) is 14.0. The Kier molecular flexibility index (Phi) is 4.62. The maximum absolute atomic E-state index is 11.0. The van der Waals surface area contributed by atoms with E-state index in [0.29, 0.717) is 11.4 Å². The van der Waals surface area contributed by atoms with E-state index in [1.807, 2.05) is 0 Å². The summed E-state index contributed by atoms with van der Waals surface area (Å²) in [5, 5.41) is 23.2. The summed E-state index contributed by atoms with van der Waals surface area (Å²) in [6.45, 7) is 0.376. The van der Waals surface area contributed by atoms with Crippen molar-refractivity contribution in [2.75, 3.05) is 13.6 Å². The Morgan fingerprint density at radius 3 is 2.76 bits per heavy atom. The lowest BCUT2D eigenvalue weighted by Crippen LogP contribution is -2.36. The number of nitrogens with one attached hydrogen (secondary N) is 1. The van der Waals surface area contributed by atoms with Crippen LogP contribution in [0.2, 0.25) is 0 Å². The molecule has 1 heterocycles. The number of carboxylic acid groups (broad SMARTS) is 1. The molecule has 3 N–H and O–H groups in total. The lowest BCUT2D eigenvalue weighted by molar-refractivity contribution is -0.219. The monoisotopic (exact) mass is 259 g/mol. The van der Waals surface area contributed by atoms with Crippen molar-refractivity contribution in [3.05, 3.63) is 22.4 Å². The quantitative estimate of drug-likeness (QED) is 0.395. The van der Waals surface area contributed by atoms with E-state index in [2.05, 4.69) is 10.1 Å². The van der Waals surface area contributed by atoms with E-state index in [9.17, 15) is 14.7 Å². The number of hydrogen-bond acceptors (Lipinski definition) is 6. The molecule has 0 aromatic carbocycles. The van der Waals surface area contributed by atoms with E-state index in [0.717, 1.165) is 0 Å². The van der Waals surface area contributed by atoms with E-state index in [4.69, 9.17) is 5.11 Å². The molecule has 0 bridgehead atoms. The third-order valence-electron chi connectivity index (χ3n) is 2.06. The molecule has 1 atom stereocenters. The Morgan fingerprint density at radius 2 is 2.29 bits per heavy atom. The van der Waals surface area contributed by atoms with Gasteiger partial charge in [-0.1, -0.05) is 6.07 Å². The van der Waals surface area contributed by atoms with Gasteiger partial charge in [0.15, 0.2) is 0 Å². The van der Waals surface area contributed by atoms with Crippen molar-refractivity contribution in [1.29, 1.82) is 0 Å². The zero-order valence-corrected chi connectivity index (χ0v) is 9.99. The first kappa shape index (κ1) is 13.6. The highest BCUT2D eigenvalue weighted by molar-refractivity contribution is 7.10. The molecule has 1 aromatic rings. The predicted molar refractivity (Wildman–Crippen MR) is 60.5 cm³/mol. The minimum Gasteiger partial charge on any atom is -0.473 e. The second-order valence-corrected chi connectivity index (χ2v) is 4.26. The number of thiophene rings is 1. The van der Waals surface area contributed by atoms with E-state index in [1.54, 1.807) is 24.6 Å². The van der Waals surface area contributed by atoms with E-state index in [-0.39, 0.29) is 6.42 Å². The maximum Gasteiger partial charge on any atom is 0.420 e. The smallest absolute Gasteiger partial charge is 0.420 e. The molecule has 0 aliphatic heterocycles. The van der Waals surface area contributed by atoms with Crippen molar-refractivity contribution in [2.45, 2.75) is 12.2 Å². The minimum absolute atomic E-state index is 0.0725. The van der Waals surface area contributed by atoms with Crippen LogP contribution in [0.5, 0.6) is 0 Å². The van der Waals surface area contributed by atoms with Gasteiger partial charge in [-0.2, -0.15) is 0 Å². The van der Waals surface area contributed by atoms with Crippen molar-refractivity contribution in [1.82, 2.24) is 5.32 Å². The first-order valence-corrected chi connectivity index (χ1v) is 5.75. The summed E-state index contributed by atoms with van der Waals surface area (Å²) in [6, 6.07) is 3.26. The number of hydrogen-bond donors (Lipinski definition) is 3. The Morgan fingerprint density at radius 1 is 1.59 bits per heavy atom. The first-order valence-electron chi connectivity index (χ1n) is 4.87. The maximum atomic E-state index is 11.0. The molecule has 0 aliphatic rings. The molecule has 0 saturated carbocycles. The molecule has 0 spiro atoms. The third kappa shape index (κ3) is 3.52. The molecule has 7 heteroatoms. The van der Waals surface area contributed by atoms with Gasteiger partial charge in [-0.05, 0) is 18.5 Å². The van der Waals surface area contributed by atoms with Gasteiger partial charge in [0.05, 0.1) is 4.88 Å². The van der Waals surface area contributed by atoms with Gasteiger partial charge in [0.2, 0.25) is 5.79 Å². The van der Waals surface area contributed by atoms with Crippen molar-refractivity contribution in [2.24, 2.45) is 0 Å². The molecule has 0 fully saturated rings. The van der Waals surface area contributed by atoms with Gasteiger partial charge < -0.3 is 20.3 Å². The van der Waals surface area contributed by atoms with E-state index >= 15 is 0 Å². The second kappa shape index (κ2) is 5.76. The molecule has 0 aliphatic carbocycles. The number of aliphatic hydroxyl groups is 1. The van der Waals surface area contributed by atoms with Crippen LogP contribution in [0, 0.1) is 0 Å². The molecular formula is C10H13NO5S. The van der Waals surface area contributed by atoms with Crippen LogP contribution in [0.4, 0.5) is 0 Å². The molecule has 17 heavy (non-hydrogen) atoms. The van der Waals surface area contributed by atoms with Gasteiger partial charge in [-0.15, -0.1) is 11.3 Å². The molecule has 0 saturated heterocycles. The number of aliphatic carboxylic acids is 1. The van der Waals surface area contributed by atoms with Crippen molar-refractivity contribution < 1.29 is 24.5 Å². The highest BCUT2D eigenvalue weighted by Crippen LogP contribution is 2.30. The van der Waals surface area contributed by atoms with Crippen LogP contribution >= 0.6 is 11.3 Å². The SMILES string of the molecule is CNCC[C@@](O)(OC(=O)C(=O)O)c1cccs1. The van der Waals surface area contributed by atoms with Crippen LogP contribution in [0.1, 0.15) is 11.3 Å². The van der Waals surface area contributed by atoms with Crippen LogP contribution in [-0.4, -0.2) is 35.7 Å². The van der Waals surface area contributed by atoms with E-state index in [1.165, 1.54) is 11.3 Å². The Balaban J connectivity index is 2.86. The van der Waals surface area contributed by atoms with Gasteiger partial charge in [0.25, 0.3) is 0 Å². The van der Waals surface area contributed by atoms with Gasteiger partial charge >= 0.3 is 11.9 Å². The number of ether oxygens (including phenoxy) is 1. The van der Waals surface area contributed by atoms with Gasteiger partial charge in [0, 0.05) is 13.0 Å². The minimum atomic E-state index is -1.90. The van der Waals surface area contributed by atoms with Crippen LogP contribution in [0.25, 0.3) is 0 Å². The van der Waals surface area contributed by atoms with Gasteiger partial charge in [-0.3, -0.25) is 0 Å². The van der Waals surface area contributed by atoms with Gasteiger partial charge in [-0.25, -0.2) is 9.59 Å². The first-order chi connectivity index (χ1) is 7.99. The summed E-state index contributed by atoms with van der Waals surface area (Å²) < 4.78 is 4.63. The summed E-state index contributed by atoms with van der Waals surface area (Å²) in [5.74, 6) is -5.10. The average Bonchev–Trinajstić information content (AvgIpc) is 2.80. The molecule has 0 unspecified atom stereocenters. The summed E-state index contributed by atoms with van der Waals surface area (Å²) in [7, 11) is 1.67. The fourth-order valence-electron chi connectivity index (χ4n) is 1.22. The molecule has 1 aromatic heterocycles. The number of carboxylic acids is 1. The van der Waals surface area contributed by atoms with Crippen molar-refractivity contribution >= 4 is 23.3 Å². The van der Waals surface area contributed by atoms with Crippen molar-refractivity contribution in [3.63, 3.8) is 0 Å². The number of carbonyl (C=O) groups is 2. The number of rotatable bonds is 5. The summed E-state index contributed by atoms with van der Waals surface area (Å²) in [4.78, 5) is 21.8. The van der Waals surface area contributed by atoms with Crippen LogP contribution in [0.15, 0.2) is 17.5 Å². The largest absolute Gasteiger partial charge is 0.473 e.